The minimum absolute atomic E-state index is 0.559. The number of hydrogen-bond acceptors (Lipinski definition) is 1. The molecule has 2 aromatic rings. The molecule has 1 nitrogen and oxygen atoms in total. The number of rotatable bonds is 3. The molecule has 17 heavy (non-hydrogen) atoms. The van der Waals surface area contributed by atoms with E-state index >= 15 is 0 Å². The third-order valence-corrected chi connectivity index (χ3v) is 2.99. The van der Waals surface area contributed by atoms with E-state index in [-0.39, 0.29) is 0 Å². The molecule has 0 aliphatic carbocycles. The van der Waals surface area contributed by atoms with Gasteiger partial charge in [-0.3, -0.25) is 0 Å². The maximum atomic E-state index is 6.30. The van der Waals surface area contributed by atoms with Gasteiger partial charge in [0.1, 0.15) is 0 Å². The molecule has 0 spiro atoms. The molecule has 0 aromatic heterocycles. The van der Waals surface area contributed by atoms with Gasteiger partial charge in [-0.15, -0.1) is 0 Å². The lowest BCUT2D eigenvalue weighted by atomic mass is 9.86. The third-order valence-electron chi connectivity index (χ3n) is 2.99. The van der Waals surface area contributed by atoms with E-state index in [0.717, 1.165) is 12.0 Å². The fraction of sp³-hybridized carbons (Fsp3) is 0.188. The first-order valence-electron chi connectivity index (χ1n) is 5.83. The molecular weight excluding hydrogens is 206 g/mol. The molecular formula is C16H18N. The minimum Gasteiger partial charge on any atom is -0.321 e. The first kappa shape index (κ1) is 11.9. The van der Waals surface area contributed by atoms with Crippen LogP contribution in [0.1, 0.15) is 16.7 Å². The van der Waals surface area contributed by atoms with Crippen LogP contribution in [0.25, 0.3) is 0 Å². The lowest BCUT2D eigenvalue weighted by Gasteiger charge is -2.25. The second kappa shape index (κ2) is 4.72. The van der Waals surface area contributed by atoms with E-state index in [2.05, 4.69) is 38.1 Å². The molecule has 0 aliphatic heterocycles. The second-order valence-corrected chi connectivity index (χ2v) is 4.68. The van der Waals surface area contributed by atoms with Crippen molar-refractivity contribution in [1.29, 1.82) is 0 Å². The van der Waals surface area contributed by atoms with Gasteiger partial charge in [0, 0.05) is 5.54 Å². The first-order chi connectivity index (χ1) is 8.08. The molecule has 0 aliphatic rings. The average molecular weight is 224 g/mol. The SMILES string of the molecule is [CH2]C(N)(Cc1ccc(C)cc1)c1ccccc1. The van der Waals surface area contributed by atoms with Gasteiger partial charge in [0.2, 0.25) is 0 Å². The monoisotopic (exact) mass is 224 g/mol. The van der Waals surface area contributed by atoms with Crippen LogP contribution in [-0.4, -0.2) is 0 Å². The molecule has 2 aromatic carbocycles. The Morgan fingerprint density at radius 2 is 1.59 bits per heavy atom. The summed E-state index contributed by atoms with van der Waals surface area (Å²) in [6.07, 6.45) is 0.747. The van der Waals surface area contributed by atoms with Crippen molar-refractivity contribution in [3.05, 3.63) is 78.2 Å². The van der Waals surface area contributed by atoms with E-state index in [1.54, 1.807) is 0 Å². The van der Waals surface area contributed by atoms with Gasteiger partial charge in [-0.05, 0) is 31.4 Å². The molecule has 0 heterocycles. The van der Waals surface area contributed by atoms with Crippen LogP contribution in [0.5, 0.6) is 0 Å². The summed E-state index contributed by atoms with van der Waals surface area (Å²) in [5, 5.41) is 0. The molecule has 1 heteroatoms. The molecule has 0 saturated carbocycles. The summed E-state index contributed by atoms with van der Waals surface area (Å²) in [6, 6.07) is 18.5. The Balaban J connectivity index is 2.20. The number of aryl methyl sites for hydroxylation is 1. The van der Waals surface area contributed by atoms with Gasteiger partial charge in [0.05, 0.1) is 0 Å². The Morgan fingerprint density at radius 3 is 2.18 bits per heavy atom. The fourth-order valence-corrected chi connectivity index (χ4v) is 1.94. The van der Waals surface area contributed by atoms with Crippen LogP contribution < -0.4 is 5.73 Å². The van der Waals surface area contributed by atoms with Gasteiger partial charge in [0.25, 0.3) is 0 Å². The van der Waals surface area contributed by atoms with Crippen LogP contribution >= 0.6 is 0 Å². The average Bonchev–Trinajstić information content (AvgIpc) is 2.33. The summed E-state index contributed by atoms with van der Waals surface area (Å²) >= 11 is 0. The van der Waals surface area contributed by atoms with Crippen LogP contribution in [-0.2, 0) is 12.0 Å². The van der Waals surface area contributed by atoms with Gasteiger partial charge in [-0.25, -0.2) is 0 Å². The standard InChI is InChI=1S/C16H18N/c1-13-8-10-14(11-9-13)12-16(2,17)15-6-4-3-5-7-15/h3-11H,2,12,17H2,1H3. The topological polar surface area (TPSA) is 26.0 Å². The number of benzene rings is 2. The highest BCUT2D eigenvalue weighted by Gasteiger charge is 2.21. The molecule has 1 radical (unpaired) electrons. The van der Waals surface area contributed by atoms with E-state index in [4.69, 9.17) is 5.73 Å². The van der Waals surface area contributed by atoms with E-state index in [1.165, 1.54) is 11.1 Å². The predicted molar refractivity (Wildman–Crippen MR) is 72.5 cm³/mol. The zero-order valence-electron chi connectivity index (χ0n) is 10.2. The third kappa shape index (κ3) is 2.95. The largest absolute Gasteiger partial charge is 0.321 e. The Bertz CT molecular complexity index is 469. The Labute approximate surface area is 103 Å². The smallest absolute Gasteiger partial charge is 0.0451 e. The van der Waals surface area contributed by atoms with Gasteiger partial charge in [0.15, 0.2) is 0 Å². The highest BCUT2D eigenvalue weighted by atomic mass is 14.7. The summed E-state index contributed by atoms with van der Waals surface area (Å²) in [6.45, 7) is 6.22. The van der Waals surface area contributed by atoms with Crippen LogP contribution in [0.3, 0.4) is 0 Å². The molecule has 0 bridgehead atoms. The fourth-order valence-electron chi connectivity index (χ4n) is 1.94. The molecule has 87 valence electrons. The lowest BCUT2D eigenvalue weighted by Crippen LogP contribution is -2.35. The van der Waals surface area contributed by atoms with E-state index < -0.39 is 5.54 Å². The molecule has 2 N–H and O–H groups in total. The minimum atomic E-state index is -0.559. The summed E-state index contributed by atoms with van der Waals surface area (Å²) in [7, 11) is 0. The molecule has 0 saturated heterocycles. The van der Waals surface area contributed by atoms with Crippen LogP contribution in [0.4, 0.5) is 0 Å². The van der Waals surface area contributed by atoms with Crippen LogP contribution in [0.2, 0.25) is 0 Å². The zero-order chi connectivity index (χ0) is 12.3. The molecule has 1 unspecified atom stereocenters. The number of nitrogens with two attached hydrogens (primary N) is 1. The van der Waals surface area contributed by atoms with Crippen LogP contribution in [0.15, 0.2) is 54.6 Å². The van der Waals surface area contributed by atoms with Crippen molar-refractivity contribution >= 4 is 0 Å². The maximum absolute atomic E-state index is 6.30. The van der Waals surface area contributed by atoms with Gasteiger partial charge >= 0.3 is 0 Å². The molecule has 1 atom stereocenters. The predicted octanol–water partition coefficient (Wildman–Crippen LogP) is 3.23. The highest BCUT2D eigenvalue weighted by Crippen LogP contribution is 2.22. The Morgan fingerprint density at radius 1 is 1.00 bits per heavy atom. The highest BCUT2D eigenvalue weighted by molar-refractivity contribution is 5.30. The molecule has 0 fully saturated rings. The zero-order valence-corrected chi connectivity index (χ0v) is 10.2. The quantitative estimate of drug-likeness (QED) is 0.851. The van der Waals surface area contributed by atoms with Crippen molar-refractivity contribution in [2.45, 2.75) is 18.9 Å². The van der Waals surface area contributed by atoms with Crippen molar-refractivity contribution in [2.75, 3.05) is 0 Å². The summed E-state index contributed by atoms with van der Waals surface area (Å²) in [4.78, 5) is 0. The van der Waals surface area contributed by atoms with Crippen molar-refractivity contribution in [3.8, 4) is 0 Å². The summed E-state index contributed by atoms with van der Waals surface area (Å²) in [5.41, 5.74) is 9.29. The van der Waals surface area contributed by atoms with Crippen molar-refractivity contribution in [2.24, 2.45) is 5.73 Å². The number of hydrogen-bond donors (Lipinski definition) is 1. The van der Waals surface area contributed by atoms with Crippen LogP contribution in [0, 0.1) is 13.8 Å². The maximum Gasteiger partial charge on any atom is 0.0451 e. The van der Waals surface area contributed by atoms with Gasteiger partial charge in [-0.1, -0.05) is 60.2 Å². The second-order valence-electron chi connectivity index (χ2n) is 4.68. The first-order valence-corrected chi connectivity index (χ1v) is 5.83. The normalized spacial score (nSPS) is 14.3. The molecule has 0 amide bonds. The Hall–Kier alpha value is -1.60. The molecule has 2 rings (SSSR count). The van der Waals surface area contributed by atoms with E-state index in [1.807, 2.05) is 30.3 Å². The Kier molecular flexibility index (Phi) is 3.30. The van der Waals surface area contributed by atoms with Crippen molar-refractivity contribution in [3.63, 3.8) is 0 Å². The van der Waals surface area contributed by atoms with Gasteiger partial charge < -0.3 is 5.73 Å². The van der Waals surface area contributed by atoms with E-state index in [0.29, 0.717) is 0 Å². The van der Waals surface area contributed by atoms with Crippen molar-refractivity contribution in [1.82, 2.24) is 0 Å². The summed E-state index contributed by atoms with van der Waals surface area (Å²) < 4.78 is 0. The van der Waals surface area contributed by atoms with Gasteiger partial charge in [-0.2, -0.15) is 0 Å². The lowest BCUT2D eigenvalue weighted by molar-refractivity contribution is 0.553. The van der Waals surface area contributed by atoms with E-state index in [9.17, 15) is 0 Å². The summed E-state index contributed by atoms with van der Waals surface area (Å²) in [5.74, 6) is 0. The van der Waals surface area contributed by atoms with Crippen molar-refractivity contribution < 1.29 is 0 Å².